The zero-order valence-corrected chi connectivity index (χ0v) is 14.3. The highest BCUT2D eigenvalue weighted by Crippen LogP contribution is 2.32. The third-order valence-electron chi connectivity index (χ3n) is 3.35. The maximum absolute atomic E-state index is 12.7. The number of benzene rings is 2. The van der Waals surface area contributed by atoms with Crippen LogP contribution in [0.15, 0.2) is 69.6 Å². The highest BCUT2D eigenvalue weighted by molar-refractivity contribution is 7.91. The van der Waals surface area contributed by atoms with Crippen molar-refractivity contribution in [3.8, 4) is 18.2 Å². The maximum atomic E-state index is 12.7. The van der Waals surface area contributed by atoms with Crippen molar-refractivity contribution >= 4 is 21.2 Å². The lowest BCUT2D eigenvalue weighted by atomic mass is 10.2. The molecule has 2 rings (SSSR count). The van der Waals surface area contributed by atoms with Gasteiger partial charge in [0.1, 0.15) is 28.8 Å². The van der Waals surface area contributed by atoms with Crippen LogP contribution in [-0.4, -0.2) is 13.3 Å². The fraction of sp³-hybridized carbons (Fsp3) is 0. The van der Waals surface area contributed by atoms with Gasteiger partial charge in [0.05, 0.1) is 9.82 Å². The second kappa shape index (κ2) is 7.79. The predicted molar refractivity (Wildman–Crippen MR) is 92.5 cm³/mol. The number of nitrogens with one attached hydrogen (secondary N) is 1. The van der Waals surface area contributed by atoms with Gasteiger partial charge in [-0.3, -0.25) is 10.1 Å². The lowest BCUT2D eigenvalue weighted by molar-refractivity contribution is -0.387. The highest BCUT2D eigenvalue weighted by atomic mass is 32.2. The molecule has 0 radical (unpaired) electrons. The van der Waals surface area contributed by atoms with Gasteiger partial charge < -0.3 is 5.32 Å². The standard InChI is InChI=1S/C17H9N5O4S/c18-9-12(10-19)15(11-20)21-13-6-7-17(16(8-13)22(23)24)27(25,26)14-4-2-1-3-5-14/h1-8,21H. The van der Waals surface area contributed by atoms with Crippen molar-refractivity contribution in [2.75, 3.05) is 5.32 Å². The molecule has 0 aliphatic rings. The van der Waals surface area contributed by atoms with Crippen molar-refractivity contribution in [2.45, 2.75) is 9.79 Å². The number of sulfone groups is 1. The Hall–Kier alpha value is -4.20. The number of hydrogen-bond acceptors (Lipinski definition) is 8. The van der Waals surface area contributed by atoms with E-state index in [1.807, 2.05) is 0 Å². The third-order valence-corrected chi connectivity index (χ3v) is 5.17. The van der Waals surface area contributed by atoms with Crippen molar-refractivity contribution in [2.24, 2.45) is 0 Å². The Morgan fingerprint density at radius 1 is 1.00 bits per heavy atom. The molecule has 132 valence electrons. The molecule has 27 heavy (non-hydrogen) atoms. The summed E-state index contributed by atoms with van der Waals surface area (Å²) in [7, 11) is -4.14. The fourth-order valence-corrected chi connectivity index (χ4v) is 3.54. The van der Waals surface area contributed by atoms with Gasteiger partial charge in [-0.15, -0.1) is 0 Å². The third kappa shape index (κ3) is 3.90. The predicted octanol–water partition coefficient (Wildman–Crippen LogP) is 2.66. The smallest absolute Gasteiger partial charge is 0.290 e. The number of nitrogens with zero attached hydrogens (tertiary/aromatic N) is 4. The number of nitro benzene ring substituents is 1. The van der Waals surface area contributed by atoms with E-state index in [2.05, 4.69) is 5.32 Å². The normalized spacial score (nSPS) is 9.96. The highest BCUT2D eigenvalue weighted by Gasteiger charge is 2.28. The molecule has 0 spiro atoms. The first-order valence-electron chi connectivity index (χ1n) is 7.15. The van der Waals surface area contributed by atoms with Gasteiger partial charge in [0.15, 0.2) is 5.57 Å². The Balaban J connectivity index is 2.59. The van der Waals surface area contributed by atoms with Crippen LogP contribution in [0.1, 0.15) is 0 Å². The van der Waals surface area contributed by atoms with Crippen molar-refractivity contribution in [1.82, 2.24) is 0 Å². The molecule has 0 aliphatic heterocycles. The Labute approximate surface area is 154 Å². The number of nitro groups is 1. The summed E-state index contributed by atoms with van der Waals surface area (Å²) >= 11 is 0. The number of allylic oxidation sites excluding steroid dienone is 2. The van der Waals surface area contributed by atoms with Crippen LogP contribution in [0, 0.1) is 44.1 Å². The van der Waals surface area contributed by atoms with E-state index >= 15 is 0 Å². The zero-order valence-electron chi connectivity index (χ0n) is 13.4. The monoisotopic (exact) mass is 379 g/mol. The molecule has 0 bridgehead atoms. The van der Waals surface area contributed by atoms with Gasteiger partial charge in [0, 0.05) is 11.8 Å². The Morgan fingerprint density at radius 3 is 2.15 bits per heavy atom. The summed E-state index contributed by atoms with van der Waals surface area (Å²) in [6.07, 6.45) is 0. The average Bonchev–Trinajstić information content (AvgIpc) is 2.68. The maximum Gasteiger partial charge on any atom is 0.290 e. The van der Waals surface area contributed by atoms with E-state index in [0.29, 0.717) is 0 Å². The summed E-state index contributed by atoms with van der Waals surface area (Å²) in [6, 6.07) is 15.0. The molecule has 1 N–H and O–H groups in total. The van der Waals surface area contributed by atoms with Gasteiger partial charge in [-0.1, -0.05) is 18.2 Å². The molecule has 2 aromatic rings. The second-order valence-corrected chi connectivity index (χ2v) is 6.88. The summed E-state index contributed by atoms with van der Waals surface area (Å²) < 4.78 is 25.4. The van der Waals surface area contributed by atoms with Crippen molar-refractivity contribution in [3.63, 3.8) is 0 Å². The van der Waals surface area contributed by atoms with Gasteiger partial charge in [-0.25, -0.2) is 8.42 Å². The minimum Gasteiger partial charge on any atom is -0.345 e. The second-order valence-electron chi connectivity index (χ2n) is 4.97. The molecule has 0 saturated carbocycles. The van der Waals surface area contributed by atoms with E-state index in [-0.39, 0.29) is 10.6 Å². The molecular weight excluding hydrogens is 370 g/mol. The first-order chi connectivity index (χ1) is 12.8. The van der Waals surface area contributed by atoms with Gasteiger partial charge in [0.25, 0.3) is 5.69 Å². The summed E-state index contributed by atoms with van der Waals surface area (Å²) in [4.78, 5) is 9.89. The first-order valence-corrected chi connectivity index (χ1v) is 8.63. The van der Waals surface area contributed by atoms with Crippen LogP contribution in [0.4, 0.5) is 11.4 Å². The summed E-state index contributed by atoms with van der Waals surface area (Å²) in [5.74, 6) is 0. The van der Waals surface area contributed by atoms with Gasteiger partial charge >= 0.3 is 0 Å². The Kier molecular flexibility index (Phi) is 5.52. The van der Waals surface area contributed by atoms with Crippen molar-refractivity contribution in [1.29, 1.82) is 15.8 Å². The van der Waals surface area contributed by atoms with Gasteiger partial charge in [-0.05, 0) is 24.3 Å². The number of rotatable bonds is 5. The topological polar surface area (TPSA) is 161 Å². The average molecular weight is 379 g/mol. The van der Waals surface area contributed by atoms with Crippen LogP contribution >= 0.6 is 0 Å². The molecular formula is C17H9N5O4S. The molecule has 0 aromatic heterocycles. The number of anilines is 1. The SMILES string of the molecule is N#CC(C#N)=C(C#N)Nc1ccc(S(=O)(=O)c2ccccc2)c([N+](=O)[O-])c1. The van der Waals surface area contributed by atoms with Crippen LogP contribution in [0.3, 0.4) is 0 Å². The van der Waals surface area contributed by atoms with Crippen molar-refractivity contribution in [3.05, 3.63) is 69.9 Å². The number of hydrogen-bond donors (Lipinski definition) is 1. The van der Waals surface area contributed by atoms with E-state index in [1.54, 1.807) is 12.1 Å². The first kappa shape index (κ1) is 19.1. The van der Waals surface area contributed by atoms with Gasteiger partial charge in [-0.2, -0.15) is 15.8 Å². The number of nitriles is 3. The zero-order chi connectivity index (χ0) is 20.0. The van der Waals surface area contributed by atoms with E-state index in [0.717, 1.165) is 12.1 Å². The van der Waals surface area contributed by atoms with E-state index in [4.69, 9.17) is 15.8 Å². The lowest BCUT2D eigenvalue weighted by Crippen LogP contribution is -2.07. The summed E-state index contributed by atoms with van der Waals surface area (Å²) in [5.41, 5.74) is -1.65. The molecule has 0 aliphatic carbocycles. The quantitative estimate of drug-likeness (QED) is 0.471. The van der Waals surface area contributed by atoms with Crippen LogP contribution in [0.2, 0.25) is 0 Å². The summed E-state index contributed by atoms with van der Waals surface area (Å²) in [6.45, 7) is 0. The summed E-state index contributed by atoms with van der Waals surface area (Å²) in [5, 5.41) is 40.5. The van der Waals surface area contributed by atoms with Crippen LogP contribution < -0.4 is 5.32 Å². The molecule has 0 fully saturated rings. The van der Waals surface area contributed by atoms with Crippen LogP contribution in [-0.2, 0) is 9.84 Å². The van der Waals surface area contributed by atoms with Crippen molar-refractivity contribution < 1.29 is 13.3 Å². The van der Waals surface area contributed by atoms with E-state index in [9.17, 15) is 18.5 Å². The molecule has 0 saturated heterocycles. The molecule has 0 heterocycles. The molecule has 0 unspecified atom stereocenters. The molecule has 0 amide bonds. The molecule has 9 nitrogen and oxygen atoms in total. The van der Waals surface area contributed by atoms with E-state index in [1.165, 1.54) is 42.5 Å². The molecule has 2 aromatic carbocycles. The molecule has 0 atom stereocenters. The van der Waals surface area contributed by atoms with Gasteiger partial charge in [0.2, 0.25) is 9.84 Å². The minimum absolute atomic E-state index is 0.0201. The fourth-order valence-electron chi connectivity index (χ4n) is 2.12. The lowest BCUT2D eigenvalue weighted by Gasteiger charge is -2.09. The Bertz CT molecular complexity index is 1150. The van der Waals surface area contributed by atoms with Crippen LogP contribution in [0.5, 0.6) is 0 Å². The van der Waals surface area contributed by atoms with E-state index < -0.39 is 36.6 Å². The minimum atomic E-state index is -4.14. The molecule has 10 heteroatoms. The Morgan fingerprint density at radius 2 is 1.63 bits per heavy atom. The largest absolute Gasteiger partial charge is 0.345 e. The van der Waals surface area contributed by atoms with Crippen LogP contribution in [0.25, 0.3) is 0 Å².